The third kappa shape index (κ3) is 4.15. The Morgan fingerprint density at radius 2 is 2.18 bits per heavy atom. The second-order valence-corrected chi connectivity index (χ2v) is 7.95. The van der Waals surface area contributed by atoms with Gasteiger partial charge in [0.05, 0.1) is 18.1 Å². The number of hydrogen-bond donors (Lipinski definition) is 1. The second-order valence-electron chi connectivity index (χ2n) is 6.90. The molecule has 0 atom stereocenters. The van der Waals surface area contributed by atoms with E-state index in [9.17, 15) is 9.18 Å². The van der Waals surface area contributed by atoms with Gasteiger partial charge in [-0.15, -0.1) is 11.3 Å². The van der Waals surface area contributed by atoms with E-state index in [2.05, 4.69) is 10.3 Å². The van der Waals surface area contributed by atoms with Crippen LogP contribution >= 0.6 is 11.3 Å². The van der Waals surface area contributed by atoms with Gasteiger partial charge >= 0.3 is 0 Å². The Hall–Kier alpha value is -2.51. The van der Waals surface area contributed by atoms with Crippen LogP contribution in [0.4, 0.5) is 4.39 Å². The van der Waals surface area contributed by atoms with E-state index < -0.39 is 0 Å². The first-order valence-electron chi connectivity index (χ1n) is 9.20. The van der Waals surface area contributed by atoms with E-state index in [1.165, 1.54) is 37.4 Å². The number of methoxy groups -OCH3 is 1. The SMILES string of the molecule is COCc1c(C(=O)NCc2ccc(OCC3CC3)nc2)sc2cccc(F)c12. The van der Waals surface area contributed by atoms with E-state index in [0.29, 0.717) is 40.8 Å². The number of carbonyl (C=O) groups excluding carboxylic acids is 1. The molecule has 4 rings (SSSR count). The Labute approximate surface area is 166 Å². The van der Waals surface area contributed by atoms with E-state index in [0.717, 1.165) is 10.3 Å². The number of rotatable bonds is 8. The van der Waals surface area contributed by atoms with Gasteiger partial charge < -0.3 is 14.8 Å². The van der Waals surface area contributed by atoms with Gasteiger partial charge in [0, 0.05) is 41.6 Å². The zero-order valence-electron chi connectivity index (χ0n) is 15.5. The predicted molar refractivity (Wildman–Crippen MR) is 106 cm³/mol. The predicted octanol–water partition coefficient (Wildman–Crippen LogP) is 4.30. The van der Waals surface area contributed by atoms with Crippen LogP contribution in [0, 0.1) is 11.7 Å². The monoisotopic (exact) mass is 400 g/mol. The van der Waals surface area contributed by atoms with Gasteiger partial charge in [-0.2, -0.15) is 0 Å². The second kappa shape index (κ2) is 8.24. The average Bonchev–Trinajstić information content (AvgIpc) is 3.46. The first-order chi connectivity index (χ1) is 13.7. The number of benzene rings is 1. The topological polar surface area (TPSA) is 60.5 Å². The number of pyridine rings is 1. The summed E-state index contributed by atoms with van der Waals surface area (Å²) in [5, 5.41) is 3.34. The number of nitrogens with zero attached hydrogens (tertiary/aromatic N) is 1. The highest BCUT2D eigenvalue weighted by atomic mass is 32.1. The van der Waals surface area contributed by atoms with Crippen molar-refractivity contribution in [3.05, 3.63) is 58.3 Å². The summed E-state index contributed by atoms with van der Waals surface area (Å²) < 4.78 is 25.8. The summed E-state index contributed by atoms with van der Waals surface area (Å²) in [5.41, 5.74) is 1.45. The van der Waals surface area contributed by atoms with E-state index in [-0.39, 0.29) is 18.3 Å². The van der Waals surface area contributed by atoms with Crippen LogP contribution in [0.5, 0.6) is 5.88 Å². The summed E-state index contributed by atoms with van der Waals surface area (Å²) >= 11 is 1.27. The minimum absolute atomic E-state index is 0.179. The lowest BCUT2D eigenvalue weighted by Crippen LogP contribution is -2.23. The molecule has 1 fully saturated rings. The van der Waals surface area contributed by atoms with Gasteiger partial charge in [-0.05, 0) is 36.5 Å². The van der Waals surface area contributed by atoms with Gasteiger partial charge in [0.2, 0.25) is 5.88 Å². The van der Waals surface area contributed by atoms with E-state index in [1.54, 1.807) is 12.3 Å². The van der Waals surface area contributed by atoms with Crippen LogP contribution in [-0.2, 0) is 17.9 Å². The fraction of sp³-hybridized carbons (Fsp3) is 0.333. The number of thiophene rings is 1. The molecule has 2 heterocycles. The molecule has 0 radical (unpaired) electrons. The average molecular weight is 400 g/mol. The Morgan fingerprint density at radius 3 is 2.89 bits per heavy atom. The molecule has 1 aliphatic rings. The van der Waals surface area contributed by atoms with Gasteiger partial charge in [0.15, 0.2) is 0 Å². The highest BCUT2D eigenvalue weighted by Crippen LogP contribution is 2.34. The molecule has 28 heavy (non-hydrogen) atoms. The van der Waals surface area contributed by atoms with Gasteiger partial charge in [0.25, 0.3) is 5.91 Å². The summed E-state index contributed by atoms with van der Waals surface area (Å²) in [6, 6.07) is 8.55. The molecule has 0 bridgehead atoms. The Balaban J connectivity index is 1.44. The largest absolute Gasteiger partial charge is 0.477 e. The van der Waals surface area contributed by atoms with Gasteiger partial charge in [0.1, 0.15) is 5.82 Å². The quantitative estimate of drug-likeness (QED) is 0.612. The van der Waals surface area contributed by atoms with E-state index in [1.807, 2.05) is 18.2 Å². The highest BCUT2D eigenvalue weighted by molar-refractivity contribution is 7.21. The lowest BCUT2D eigenvalue weighted by Gasteiger charge is -2.08. The molecular weight excluding hydrogens is 379 g/mol. The number of nitrogens with one attached hydrogen (secondary N) is 1. The number of ether oxygens (including phenoxy) is 2. The summed E-state index contributed by atoms with van der Waals surface area (Å²) in [6.45, 7) is 1.23. The van der Waals surface area contributed by atoms with Crippen LogP contribution in [0.25, 0.3) is 10.1 Å². The fourth-order valence-corrected chi connectivity index (χ4v) is 4.12. The van der Waals surface area contributed by atoms with Gasteiger partial charge in [-0.3, -0.25) is 4.79 Å². The van der Waals surface area contributed by atoms with Crippen molar-refractivity contribution in [3.63, 3.8) is 0 Å². The number of carbonyl (C=O) groups is 1. The smallest absolute Gasteiger partial charge is 0.262 e. The number of aromatic nitrogens is 1. The Bertz CT molecular complexity index is 983. The van der Waals surface area contributed by atoms with Crippen LogP contribution in [0.15, 0.2) is 36.5 Å². The van der Waals surface area contributed by atoms with Crippen molar-refractivity contribution in [3.8, 4) is 5.88 Å². The Kier molecular flexibility index (Phi) is 5.54. The molecule has 0 spiro atoms. The molecule has 1 aliphatic carbocycles. The molecule has 0 aliphatic heterocycles. The summed E-state index contributed by atoms with van der Waals surface area (Å²) in [7, 11) is 1.53. The van der Waals surface area contributed by atoms with Crippen molar-refractivity contribution in [2.75, 3.05) is 13.7 Å². The minimum Gasteiger partial charge on any atom is -0.477 e. The van der Waals surface area contributed by atoms with Crippen LogP contribution in [-0.4, -0.2) is 24.6 Å². The third-order valence-electron chi connectivity index (χ3n) is 4.67. The van der Waals surface area contributed by atoms with Crippen LogP contribution < -0.4 is 10.1 Å². The zero-order valence-corrected chi connectivity index (χ0v) is 16.4. The van der Waals surface area contributed by atoms with Crippen molar-refractivity contribution in [1.82, 2.24) is 10.3 Å². The van der Waals surface area contributed by atoms with E-state index >= 15 is 0 Å². The molecule has 1 saturated carbocycles. The number of fused-ring (bicyclic) bond motifs is 1. The van der Waals surface area contributed by atoms with Gasteiger partial charge in [-0.25, -0.2) is 9.37 Å². The first kappa shape index (κ1) is 18.8. The van der Waals surface area contributed by atoms with Crippen LogP contribution in [0.2, 0.25) is 0 Å². The number of hydrogen-bond acceptors (Lipinski definition) is 5. The fourth-order valence-electron chi connectivity index (χ4n) is 2.98. The molecule has 2 aromatic heterocycles. The number of halogens is 1. The summed E-state index contributed by atoms with van der Waals surface area (Å²) in [6.07, 6.45) is 4.16. The molecule has 1 aromatic carbocycles. The molecular formula is C21H21FN2O3S. The standard InChI is InChI=1S/C21H21FN2O3S/c1-26-12-15-19-16(22)3-2-4-17(19)28-20(15)21(25)24-10-14-7-8-18(23-9-14)27-11-13-5-6-13/h2-4,7-9,13H,5-6,10-12H2,1H3,(H,24,25). The van der Waals surface area contributed by atoms with Crippen LogP contribution in [0.3, 0.4) is 0 Å². The minimum atomic E-state index is -0.342. The first-order valence-corrected chi connectivity index (χ1v) is 10.0. The Morgan fingerprint density at radius 1 is 1.32 bits per heavy atom. The summed E-state index contributed by atoms with van der Waals surface area (Å²) in [4.78, 5) is 17.5. The normalized spacial score (nSPS) is 13.6. The van der Waals surface area contributed by atoms with E-state index in [4.69, 9.17) is 9.47 Å². The molecule has 0 unspecified atom stereocenters. The molecule has 7 heteroatoms. The van der Waals surface area contributed by atoms with Crippen LogP contribution in [0.1, 0.15) is 33.6 Å². The molecule has 146 valence electrons. The maximum absolute atomic E-state index is 14.3. The molecule has 1 amide bonds. The lowest BCUT2D eigenvalue weighted by molar-refractivity contribution is 0.0950. The highest BCUT2D eigenvalue weighted by Gasteiger charge is 2.22. The van der Waals surface area contributed by atoms with Gasteiger partial charge in [-0.1, -0.05) is 12.1 Å². The molecule has 3 aromatic rings. The van der Waals surface area contributed by atoms with Crippen molar-refractivity contribution in [1.29, 1.82) is 0 Å². The zero-order chi connectivity index (χ0) is 19.5. The van der Waals surface area contributed by atoms with Crippen molar-refractivity contribution < 1.29 is 18.7 Å². The van der Waals surface area contributed by atoms with Crippen molar-refractivity contribution >= 4 is 27.3 Å². The molecule has 0 saturated heterocycles. The van der Waals surface area contributed by atoms with Crippen molar-refractivity contribution in [2.24, 2.45) is 5.92 Å². The number of amides is 1. The molecule has 5 nitrogen and oxygen atoms in total. The lowest BCUT2D eigenvalue weighted by atomic mass is 10.1. The maximum atomic E-state index is 14.3. The van der Waals surface area contributed by atoms with Crippen molar-refractivity contribution in [2.45, 2.75) is 26.0 Å². The maximum Gasteiger partial charge on any atom is 0.262 e. The molecule has 1 N–H and O–H groups in total. The summed E-state index contributed by atoms with van der Waals surface area (Å²) in [5.74, 6) is 0.685. The third-order valence-corrected chi connectivity index (χ3v) is 5.87.